The third kappa shape index (κ3) is 3.53. The molecule has 8 heteroatoms. The zero-order valence-corrected chi connectivity index (χ0v) is 14.1. The van der Waals surface area contributed by atoms with Gasteiger partial charge in [0.15, 0.2) is 0 Å². The van der Waals surface area contributed by atoms with E-state index in [1.807, 2.05) is 6.92 Å². The van der Waals surface area contributed by atoms with Crippen molar-refractivity contribution in [3.8, 4) is 5.88 Å². The summed E-state index contributed by atoms with van der Waals surface area (Å²) in [7, 11) is -2.18. The molecule has 1 saturated heterocycles. The van der Waals surface area contributed by atoms with Gasteiger partial charge in [-0.1, -0.05) is 13.5 Å². The third-order valence-electron chi connectivity index (χ3n) is 3.91. The van der Waals surface area contributed by atoms with Crippen molar-refractivity contribution >= 4 is 15.9 Å². The fourth-order valence-corrected chi connectivity index (χ4v) is 4.22. The minimum atomic E-state index is -3.65. The number of ether oxygens (including phenoxy) is 1. The molecule has 0 bridgehead atoms. The van der Waals surface area contributed by atoms with Crippen LogP contribution in [0.2, 0.25) is 0 Å². The zero-order valence-electron chi connectivity index (χ0n) is 13.3. The van der Waals surface area contributed by atoms with Crippen molar-refractivity contribution in [2.75, 3.05) is 26.7 Å². The number of carbonyl (C=O) groups is 1. The van der Waals surface area contributed by atoms with E-state index >= 15 is 0 Å². The Labute approximate surface area is 136 Å². The number of sulfonamides is 1. The molecule has 7 nitrogen and oxygen atoms in total. The smallest absolute Gasteiger partial charge is 0.246 e. The van der Waals surface area contributed by atoms with Gasteiger partial charge in [0, 0.05) is 31.7 Å². The average Bonchev–Trinajstić information content (AvgIpc) is 2.60. The van der Waals surface area contributed by atoms with Gasteiger partial charge in [0.05, 0.1) is 13.3 Å². The number of hydrogen-bond acceptors (Lipinski definition) is 5. The highest BCUT2D eigenvalue weighted by Gasteiger charge is 2.36. The number of aromatic nitrogens is 1. The second-order valence-electron chi connectivity index (χ2n) is 5.20. The zero-order chi connectivity index (χ0) is 17.0. The van der Waals surface area contributed by atoms with Crippen molar-refractivity contribution in [1.82, 2.24) is 14.2 Å². The summed E-state index contributed by atoms with van der Waals surface area (Å²) in [6.45, 7) is 6.35. The molecule has 0 spiro atoms. The van der Waals surface area contributed by atoms with Crippen LogP contribution in [0, 0.1) is 0 Å². The highest BCUT2D eigenvalue weighted by molar-refractivity contribution is 7.89. The van der Waals surface area contributed by atoms with Gasteiger partial charge in [0.25, 0.3) is 0 Å². The van der Waals surface area contributed by atoms with Crippen molar-refractivity contribution in [1.29, 1.82) is 0 Å². The molecular weight excluding hydrogens is 318 g/mol. The van der Waals surface area contributed by atoms with E-state index in [1.54, 1.807) is 4.90 Å². The highest BCUT2D eigenvalue weighted by atomic mass is 32.2. The number of hydrogen-bond donors (Lipinski definition) is 0. The summed E-state index contributed by atoms with van der Waals surface area (Å²) in [4.78, 5) is 17.5. The van der Waals surface area contributed by atoms with Gasteiger partial charge in [0.1, 0.15) is 4.90 Å². The number of methoxy groups -OCH3 is 1. The molecule has 1 fully saturated rings. The Kier molecular flexibility index (Phi) is 5.38. The molecule has 0 aliphatic carbocycles. The number of pyridine rings is 1. The van der Waals surface area contributed by atoms with Crippen molar-refractivity contribution in [3.05, 3.63) is 31.0 Å². The number of rotatable bonds is 5. The van der Waals surface area contributed by atoms with Crippen LogP contribution < -0.4 is 4.74 Å². The molecule has 2 rings (SSSR count). The van der Waals surface area contributed by atoms with E-state index in [0.717, 1.165) is 0 Å². The molecule has 2 heterocycles. The van der Waals surface area contributed by atoms with E-state index in [0.29, 0.717) is 25.4 Å². The van der Waals surface area contributed by atoms with Gasteiger partial charge in [-0.25, -0.2) is 13.4 Å². The molecule has 1 aromatic heterocycles. The molecule has 0 saturated carbocycles. The first-order chi connectivity index (χ1) is 10.9. The summed E-state index contributed by atoms with van der Waals surface area (Å²) in [5.74, 6) is 0.184. The van der Waals surface area contributed by atoms with Crippen LogP contribution in [0.25, 0.3) is 0 Å². The van der Waals surface area contributed by atoms with Crippen LogP contribution in [0.3, 0.4) is 0 Å². The Morgan fingerprint density at radius 2 is 2.22 bits per heavy atom. The van der Waals surface area contributed by atoms with Crippen LogP contribution in [-0.2, 0) is 14.8 Å². The lowest BCUT2D eigenvalue weighted by Crippen LogP contribution is -2.55. The highest BCUT2D eigenvalue weighted by Crippen LogP contribution is 2.23. The number of piperazine rings is 1. The van der Waals surface area contributed by atoms with Gasteiger partial charge < -0.3 is 9.64 Å². The lowest BCUT2D eigenvalue weighted by molar-refractivity contribution is -0.128. The minimum Gasteiger partial charge on any atom is -0.481 e. The number of nitrogens with zero attached hydrogens (tertiary/aromatic N) is 3. The molecule has 1 unspecified atom stereocenters. The molecule has 0 N–H and O–H groups in total. The first-order valence-electron chi connectivity index (χ1n) is 7.37. The summed E-state index contributed by atoms with van der Waals surface area (Å²) in [5.41, 5.74) is 0. The maximum absolute atomic E-state index is 12.8. The van der Waals surface area contributed by atoms with E-state index in [4.69, 9.17) is 4.74 Å². The van der Waals surface area contributed by atoms with Gasteiger partial charge in [-0.2, -0.15) is 4.31 Å². The van der Waals surface area contributed by atoms with Crippen molar-refractivity contribution in [2.24, 2.45) is 0 Å². The standard InChI is InChI=1S/C15H21N3O4S/c1-4-12-11-17(15(19)5-2)8-9-18(12)23(20,21)13-6-7-14(22-3)16-10-13/h5-7,10,12H,2,4,8-9,11H2,1,3H3. The predicted molar refractivity (Wildman–Crippen MR) is 85.5 cm³/mol. The molecular formula is C15H21N3O4S. The van der Waals surface area contributed by atoms with Crippen molar-refractivity contribution < 1.29 is 17.9 Å². The summed E-state index contributed by atoms with van der Waals surface area (Å²) in [6, 6.07) is 2.74. The molecule has 0 radical (unpaired) electrons. The van der Waals surface area contributed by atoms with Crippen LogP contribution >= 0.6 is 0 Å². The molecule has 1 aliphatic heterocycles. The maximum atomic E-state index is 12.8. The Bertz CT molecular complexity index is 672. The van der Waals surface area contributed by atoms with E-state index < -0.39 is 10.0 Å². The Morgan fingerprint density at radius 1 is 1.48 bits per heavy atom. The average molecular weight is 339 g/mol. The van der Waals surface area contributed by atoms with E-state index in [-0.39, 0.29) is 23.4 Å². The molecule has 1 atom stereocenters. The summed E-state index contributed by atoms with van der Waals surface area (Å²) in [6.07, 6.45) is 3.16. The van der Waals surface area contributed by atoms with Crippen molar-refractivity contribution in [2.45, 2.75) is 24.3 Å². The molecule has 1 aliphatic rings. The molecule has 1 aromatic rings. The largest absolute Gasteiger partial charge is 0.481 e. The number of amides is 1. The van der Waals surface area contributed by atoms with Gasteiger partial charge in [-0.15, -0.1) is 0 Å². The third-order valence-corrected chi connectivity index (χ3v) is 5.85. The lowest BCUT2D eigenvalue weighted by atomic mass is 10.1. The van der Waals surface area contributed by atoms with Crippen LogP contribution in [-0.4, -0.2) is 61.3 Å². The van der Waals surface area contributed by atoms with Gasteiger partial charge >= 0.3 is 0 Å². The predicted octanol–water partition coefficient (Wildman–Crippen LogP) is 0.888. The van der Waals surface area contributed by atoms with Gasteiger partial charge in [-0.3, -0.25) is 4.79 Å². The normalized spacial score (nSPS) is 19.4. The maximum Gasteiger partial charge on any atom is 0.246 e. The van der Waals surface area contributed by atoms with Crippen LogP contribution in [0.4, 0.5) is 0 Å². The lowest BCUT2D eigenvalue weighted by Gasteiger charge is -2.39. The first kappa shape index (κ1) is 17.4. The summed E-state index contributed by atoms with van der Waals surface area (Å²) in [5, 5.41) is 0. The van der Waals surface area contributed by atoms with Crippen molar-refractivity contribution in [3.63, 3.8) is 0 Å². The van der Waals surface area contributed by atoms with E-state index in [2.05, 4.69) is 11.6 Å². The minimum absolute atomic E-state index is 0.125. The van der Waals surface area contributed by atoms with Gasteiger partial charge in [-0.05, 0) is 18.6 Å². The fourth-order valence-electron chi connectivity index (χ4n) is 2.59. The van der Waals surface area contributed by atoms with E-state index in [1.165, 1.54) is 35.8 Å². The van der Waals surface area contributed by atoms with E-state index in [9.17, 15) is 13.2 Å². The topological polar surface area (TPSA) is 79.8 Å². The van der Waals surface area contributed by atoms with Crippen LogP contribution in [0.5, 0.6) is 5.88 Å². The quantitative estimate of drug-likeness (QED) is 0.744. The fraction of sp³-hybridized carbons (Fsp3) is 0.467. The van der Waals surface area contributed by atoms with Crippen LogP contribution in [0.1, 0.15) is 13.3 Å². The molecule has 1 amide bonds. The second-order valence-corrected chi connectivity index (χ2v) is 7.09. The Morgan fingerprint density at radius 3 is 2.74 bits per heavy atom. The molecule has 126 valence electrons. The summed E-state index contributed by atoms with van der Waals surface area (Å²) >= 11 is 0. The Hall–Kier alpha value is -1.93. The molecule has 23 heavy (non-hydrogen) atoms. The molecule has 0 aromatic carbocycles. The first-order valence-corrected chi connectivity index (χ1v) is 8.81. The SMILES string of the molecule is C=CC(=O)N1CCN(S(=O)(=O)c2ccc(OC)nc2)C(CC)C1. The van der Waals surface area contributed by atoms with Gasteiger partial charge in [0.2, 0.25) is 21.8 Å². The second kappa shape index (κ2) is 7.10. The van der Waals surface area contributed by atoms with Crippen LogP contribution in [0.15, 0.2) is 35.9 Å². The monoisotopic (exact) mass is 339 g/mol. The number of carbonyl (C=O) groups excluding carboxylic acids is 1. The Balaban J connectivity index is 2.24. The summed E-state index contributed by atoms with van der Waals surface area (Å²) < 4.78 is 32.0.